The number of aromatic nitrogens is 3. The van der Waals surface area contributed by atoms with Gasteiger partial charge in [-0.15, -0.1) is 0 Å². The van der Waals surface area contributed by atoms with Crippen molar-refractivity contribution in [2.45, 2.75) is 19.3 Å². The molecule has 7 nitrogen and oxygen atoms in total. The SMILES string of the molecule is O=C(/C=C/c1ccc(C(F)(F)F)cc1)NCC(=O)N1CCn2ncnc2C1. The van der Waals surface area contributed by atoms with Gasteiger partial charge in [-0.25, -0.2) is 9.67 Å². The summed E-state index contributed by atoms with van der Waals surface area (Å²) < 4.78 is 39.2. The molecule has 0 aliphatic carbocycles. The number of halogens is 3. The zero-order valence-electron chi connectivity index (χ0n) is 14.1. The summed E-state index contributed by atoms with van der Waals surface area (Å²) in [5.41, 5.74) is -0.313. The second kappa shape index (κ2) is 7.60. The van der Waals surface area contributed by atoms with Crippen molar-refractivity contribution in [1.29, 1.82) is 0 Å². The number of nitrogens with one attached hydrogen (secondary N) is 1. The maximum Gasteiger partial charge on any atom is 0.416 e. The number of nitrogens with zero attached hydrogens (tertiary/aromatic N) is 4. The van der Waals surface area contributed by atoms with Gasteiger partial charge in [0.2, 0.25) is 11.8 Å². The third-order valence-electron chi connectivity index (χ3n) is 4.04. The second-order valence-corrected chi connectivity index (χ2v) is 5.89. The molecule has 1 N–H and O–H groups in total. The number of rotatable bonds is 4. The molecule has 10 heteroatoms. The fraction of sp³-hybridized carbons (Fsp3) is 0.294. The molecule has 0 bridgehead atoms. The highest BCUT2D eigenvalue weighted by Crippen LogP contribution is 2.29. The summed E-state index contributed by atoms with van der Waals surface area (Å²) in [6, 6.07) is 4.41. The van der Waals surface area contributed by atoms with Gasteiger partial charge in [0.25, 0.3) is 0 Å². The summed E-state index contributed by atoms with van der Waals surface area (Å²) in [6.45, 7) is 1.18. The smallest absolute Gasteiger partial charge is 0.343 e. The van der Waals surface area contributed by atoms with Crippen LogP contribution >= 0.6 is 0 Å². The van der Waals surface area contributed by atoms with E-state index in [9.17, 15) is 22.8 Å². The van der Waals surface area contributed by atoms with E-state index >= 15 is 0 Å². The van der Waals surface area contributed by atoms with E-state index in [1.54, 1.807) is 9.58 Å². The lowest BCUT2D eigenvalue weighted by Crippen LogP contribution is -2.43. The summed E-state index contributed by atoms with van der Waals surface area (Å²) >= 11 is 0. The fourth-order valence-corrected chi connectivity index (χ4v) is 2.56. The molecule has 0 saturated carbocycles. The summed E-state index contributed by atoms with van der Waals surface area (Å²) in [6.07, 6.45) is -0.426. The van der Waals surface area contributed by atoms with E-state index in [1.165, 1.54) is 30.6 Å². The number of carbonyl (C=O) groups is 2. The van der Waals surface area contributed by atoms with Crippen molar-refractivity contribution in [1.82, 2.24) is 25.0 Å². The van der Waals surface area contributed by atoms with E-state index in [-0.39, 0.29) is 12.5 Å². The highest BCUT2D eigenvalue weighted by Gasteiger charge is 2.29. The van der Waals surface area contributed by atoms with E-state index in [0.29, 0.717) is 31.0 Å². The van der Waals surface area contributed by atoms with Crippen LogP contribution < -0.4 is 5.32 Å². The lowest BCUT2D eigenvalue weighted by molar-refractivity contribution is -0.137. The van der Waals surface area contributed by atoms with Crippen LogP contribution in [0.15, 0.2) is 36.7 Å². The summed E-state index contributed by atoms with van der Waals surface area (Å²) in [4.78, 5) is 29.6. The Morgan fingerprint density at radius 3 is 2.63 bits per heavy atom. The predicted octanol–water partition coefficient (Wildman–Crippen LogP) is 1.47. The first kappa shape index (κ1) is 18.6. The first-order chi connectivity index (χ1) is 12.8. The van der Waals surface area contributed by atoms with Crippen molar-refractivity contribution in [3.8, 4) is 0 Å². The molecule has 142 valence electrons. The second-order valence-electron chi connectivity index (χ2n) is 5.89. The van der Waals surface area contributed by atoms with Gasteiger partial charge in [0, 0.05) is 12.6 Å². The third kappa shape index (κ3) is 4.72. The molecule has 3 rings (SSSR count). The molecule has 2 heterocycles. The van der Waals surface area contributed by atoms with E-state index in [0.717, 1.165) is 12.1 Å². The molecule has 0 unspecified atom stereocenters. The molecule has 0 spiro atoms. The first-order valence-electron chi connectivity index (χ1n) is 8.10. The molecule has 27 heavy (non-hydrogen) atoms. The van der Waals surface area contributed by atoms with Gasteiger partial charge in [-0.2, -0.15) is 18.3 Å². The molecular formula is C17H16F3N5O2. The Bertz CT molecular complexity index is 858. The first-order valence-corrected chi connectivity index (χ1v) is 8.10. The molecular weight excluding hydrogens is 363 g/mol. The molecule has 2 aromatic rings. The van der Waals surface area contributed by atoms with Crippen LogP contribution in [-0.2, 0) is 28.9 Å². The van der Waals surface area contributed by atoms with Crippen molar-refractivity contribution in [3.63, 3.8) is 0 Å². The zero-order valence-corrected chi connectivity index (χ0v) is 14.1. The van der Waals surface area contributed by atoms with Gasteiger partial charge in [-0.3, -0.25) is 9.59 Å². The Balaban J connectivity index is 1.48. The third-order valence-corrected chi connectivity index (χ3v) is 4.04. The lowest BCUT2D eigenvalue weighted by Gasteiger charge is -2.26. The average molecular weight is 379 g/mol. The standard InChI is InChI=1S/C17H16F3N5O2/c18-17(19,20)13-4-1-12(2-5-13)3-6-15(26)21-9-16(27)24-7-8-25-14(10-24)22-11-23-25/h1-6,11H,7-10H2,(H,21,26)/b6-3+. The van der Waals surface area contributed by atoms with Crippen molar-refractivity contribution in [3.05, 3.63) is 53.6 Å². The van der Waals surface area contributed by atoms with Gasteiger partial charge in [0.05, 0.1) is 25.2 Å². The number of alkyl halides is 3. The van der Waals surface area contributed by atoms with Crippen LogP contribution in [-0.4, -0.2) is 44.6 Å². The zero-order chi connectivity index (χ0) is 19.4. The number of hydrogen-bond acceptors (Lipinski definition) is 4. The number of hydrogen-bond donors (Lipinski definition) is 1. The van der Waals surface area contributed by atoms with E-state index in [1.807, 2.05) is 0 Å². The number of amides is 2. The normalized spacial score (nSPS) is 14.3. The van der Waals surface area contributed by atoms with Crippen molar-refractivity contribution in [2.24, 2.45) is 0 Å². The molecule has 0 radical (unpaired) electrons. The van der Waals surface area contributed by atoms with Crippen LogP contribution in [0.4, 0.5) is 13.2 Å². The quantitative estimate of drug-likeness (QED) is 0.816. The average Bonchev–Trinajstić information content (AvgIpc) is 3.11. The van der Waals surface area contributed by atoms with Crippen molar-refractivity contribution in [2.75, 3.05) is 13.1 Å². The van der Waals surface area contributed by atoms with Crippen LogP contribution in [0.2, 0.25) is 0 Å². The van der Waals surface area contributed by atoms with Crippen LogP contribution in [0.3, 0.4) is 0 Å². The van der Waals surface area contributed by atoms with E-state index in [2.05, 4.69) is 15.4 Å². The Hall–Kier alpha value is -3.17. The molecule has 0 saturated heterocycles. The summed E-state index contributed by atoms with van der Waals surface area (Å²) in [7, 11) is 0. The van der Waals surface area contributed by atoms with Crippen LogP contribution in [0.25, 0.3) is 6.08 Å². The maximum absolute atomic E-state index is 12.5. The Morgan fingerprint density at radius 2 is 1.93 bits per heavy atom. The monoisotopic (exact) mass is 379 g/mol. The fourth-order valence-electron chi connectivity index (χ4n) is 2.56. The van der Waals surface area contributed by atoms with Gasteiger partial charge < -0.3 is 10.2 Å². The summed E-state index contributed by atoms with van der Waals surface area (Å²) in [5.74, 6) is -0.0768. The summed E-state index contributed by atoms with van der Waals surface area (Å²) in [5, 5.41) is 6.49. The number of fused-ring (bicyclic) bond motifs is 1. The van der Waals surface area contributed by atoms with Gasteiger partial charge in [0.15, 0.2) is 0 Å². The highest BCUT2D eigenvalue weighted by molar-refractivity contribution is 5.94. The van der Waals surface area contributed by atoms with Gasteiger partial charge in [0.1, 0.15) is 12.2 Å². The van der Waals surface area contributed by atoms with Gasteiger partial charge >= 0.3 is 6.18 Å². The molecule has 2 amide bonds. The lowest BCUT2D eigenvalue weighted by atomic mass is 10.1. The minimum absolute atomic E-state index is 0.176. The molecule has 0 fully saturated rings. The van der Waals surface area contributed by atoms with Crippen molar-refractivity contribution >= 4 is 17.9 Å². The molecule has 1 aliphatic heterocycles. The molecule has 1 aliphatic rings. The minimum atomic E-state index is -4.40. The Morgan fingerprint density at radius 1 is 1.19 bits per heavy atom. The Kier molecular flexibility index (Phi) is 5.24. The topological polar surface area (TPSA) is 80.1 Å². The highest BCUT2D eigenvalue weighted by atomic mass is 19.4. The molecule has 1 aromatic heterocycles. The van der Waals surface area contributed by atoms with Gasteiger partial charge in [-0.1, -0.05) is 12.1 Å². The van der Waals surface area contributed by atoms with E-state index in [4.69, 9.17) is 0 Å². The van der Waals surface area contributed by atoms with Crippen LogP contribution in [0, 0.1) is 0 Å². The molecule has 1 aromatic carbocycles. The largest absolute Gasteiger partial charge is 0.416 e. The van der Waals surface area contributed by atoms with Crippen molar-refractivity contribution < 1.29 is 22.8 Å². The maximum atomic E-state index is 12.5. The van der Waals surface area contributed by atoms with E-state index < -0.39 is 17.6 Å². The predicted molar refractivity (Wildman–Crippen MR) is 88.9 cm³/mol. The number of carbonyl (C=O) groups excluding carboxylic acids is 2. The molecule has 0 atom stereocenters. The van der Waals surface area contributed by atoms with Crippen LogP contribution in [0.5, 0.6) is 0 Å². The van der Waals surface area contributed by atoms with Crippen LogP contribution in [0.1, 0.15) is 17.0 Å². The number of benzene rings is 1. The Labute approximate surface area is 152 Å². The minimum Gasteiger partial charge on any atom is -0.343 e. The van der Waals surface area contributed by atoms with Gasteiger partial charge in [-0.05, 0) is 23.8 Å².